The van der Waals surface area contributed by atoms with Crippen LogP contribution in [0.25, 0.3) is 0 Å². The van der Waals surface area contributed by atoms with Crippen molar-refractivity contribution in [2.75, 3.05) is 0 Å². The SMILES string of the molecule is CC(C)(O)CCn1cc([N+](=O)[O-])c(C(=O)O)n1. The first kappa shape index (κ1) is 13.1. The van der Waals surface area contributed by atoms with E-state index in [0.29, 0.717) is 6.42 Å². The number of rotatable bonds is 5. The number of hydrogen-bond donors (Lipinski definition) is 2. The molecule has 0 atom stereocenters. The summed E-state index contributed by atoms with van der Waals surface area (Å²) >= 11 is 0. The number of carboxylic acid groups (broad SMARTS) is 1. The van der Waals surface area contributed by atoms with Crippen molar-refractivity contribution in [3.05, 3.63) is 22.0 Å². The van der Waals surface area contributed by atoms with Crippen LogP contribution in [0.15, 0.2) is 6.20 Å². The van der Waals surface area contributed by atoms with Crippen molar-refractivity contribution >= 4 is 11.7 Å². The Kier molecular flexibility index (Phi) is 3.47. The van der Waals surface area contributed by atoms with E-state index in [1.165, 1.54) is 0 Å². The molecule has 2 N–H and O–H groups in total. The third-order valence-electron chi connectivity index (χ3n) is 2.09. The summed E-state index contributed by atoms with van der Waals surface area (Å²) in [7, 11) is 0. The number of aliphatic hydroxyl groups is 1. The average Bonchev–Trinajstić information content (AvgIpc) is 2.57. The average molecular weight is 243 g/mol. The summed E-state index contributed by atoms with van der Waals surface area (Å²) < 4.78 is 1.15. The summed E-state index contributed by atoms with van der Waals surface area (Å²) in [6, 6.07) is 0. The molecule has 8 nitrogen and oxygen atoms in total. The van der Waals surface area contributed by atoms with Gasteiger partial charge in [0.05, 0.1) is 10.5 Å². The molecule has 0 bridgehead atoms. The maximum atomic E-state index is 10.7. The first-order chi connectivity index (χ1) is 7.70. The highest BCUT2D eigenvalue weighted by atomic mass is 16.6. The highest BCUT2D eigenvalue weighted by molar-refractivity contribution is 5.89. The van der Waals surface area contributed by atoms with Gasteiger partial charge in [0, 0.05) is 6.54 Å². The fourth-order valence-electron chi connectivity index (χ4n) is 1.20. The van der Waals surface area contributed by atoms with Crippen molar-refractivity contribution in [1.82, 2.24) is 9.78 Å². The minimum atomic E-state index is -1.45. The second-order valence-corrected chi connectivity index (χ2v) is 4.25. The Hall–Kier alpha value is -1.96. The number of aromatic carboxylic acids is 1. The summed E-state index contributed by atoms with van der Waals surface area (Å²) in [6.45, 7) is 3.38. The number of aromatic nitrogens is 2. The molecular formula is C9H13N3O5. The van der Waals surface area contributed by atoms with Gasteiger partial charge in [-0.1, -0.05) is 0 Å². The van der Waals surface area contributed by atoms with E-state index in [0.717, 1.165) is 10.9 Å². The molecule has 0 fully saturated rings. The molecule has 0 spiro atoms. The third kappa shape index (κ3) is 3.52. The predicted molar refractivity (Wildman–Crippen MR) is 56.8 cm³/mol. The van der Waals surface area contributed by atoms with Gasteiger partial charge in [0.15, 0.2) is 0 Å². The molecule has 0 amide bonds. The van der Waals surface area contributed by atoms with E-state index in [1.807, 2.05) is 0 Å². The van der Waals surface area contributed by atoms with Crippen LogP contribution in [0.2, 0.25) is 0 Å². The Morgan fingerprint density at radius 3 is 2.59 bits per heavy atom. The van der Waals surface area contributed by atoms with E-state index in [4.69, 9.17) is 5.11 Å². The molecule has 0 aliphatic rings. The van der Waals surface area contributed by atoms with E-state index < -0.39 is 27.9 Å². The van der Waals surface area contributed by atoms with Gasteiger partial charge < -0.3 is 10.2 Å². The summed E-state index contributed by atoms with van der Waals surface area (Å²) in [6.07, 6.45) is 1.36. The lowest BCUT2D eigenvalue weighted by molar-refractivity contribution is -0.385. The molecule has 1 heterocycles. The van der Waals surface area contributed by atoms with Crippen LogP contribution in [0.3, 0.4) is 0 Å². The molecule has 0 unspecified atom stereocenters. The van der Waals surface area contributed by atoms with Crippen molar-refractivity contribution < 1.29 is 19.9 Å². The van der Waals surface area contributed by atoms with Crippen molar-refractivity contribution in [2.45, 2.75) is 32.4 Å². The number of nitro groups is 1. The number of carbonyl (C=O) groups is 1. The zero-order chi connectivity index (χ0) is 13.2. The van der Waals surface area contributed by atoms with Crippen molar-refractivity contribution in [3.8, 4) is 0 Å². The highest BCUT2D eigenvalue weighted by Crippen LogP contribution is 2.18. The summed E-state index contributed by atoms with van der Waals surface area (Å²) in [5, 5.41) is 32.4. The lowest BCUT2D eigenvalue weighted by Gasteiger charge is -2.16. The van der Waals surface area contributed by atoms with E-state index >= 15 is 0 Å². The first-order valence-electron chi connectivity index (χ1n) is 4.88. The van der Waals surface area contributed by atoms with Crippen LogP contribution in [0.4, 0.5) is 5.69 Å². The van der Waals surface area contributed by atoms with Gasteiger partial charge in [-0.05, 0) is 20.3 Å². The smallest absolute Gasteiger partial charge is 0.363 e. The van der Waals surface area contributed by atoms with E-state index in [1.54, 1.807) is 13.8 Å². The summed E-state index contributed by atoms with van der Waals surface area (Å²) in [5.74, 6) is -1.45. The van der Waals surface area contributed by atoms with Crippen molar-refractivity contribution in [2.24, 2.45) is 0 Å². The minimum Gasteiger partial charge on any atom is -0.476 e. The molecule has 1 aromatic heterocycles. The van der Waals surface area contributed by atoms with Gasteiger partial charge in [0.2, 0.25) is 5.69 Å². The van der Waals surface area contributed by atoms with Crippen molar-refractivity contribution in [1.29, 1.82) is 0 Å². The molecule has 0 aliphatic heterocycles. The summed E-state index contributed by atoms with van der Waals surface area (Å²) in [5.41, 5.74) is -2.08. The molecule has 8 heteroatoms. The molecule has 0 radical (unpaired) electrons. The maximum Gasteiger partial charge on any atom is 0.363 e. The fourth-order valence-corrected chi connectivity index (χ4v) is 1.20. The zero-order valence-corrected chi connectivity index (χ0v) is 9.45. The molecular weight excluding hydrogens is 230 g/mol. The highest BCUT2D eigenvalue weighted by Gasteiger charge is 2.25. The van der Waals surface area contributed by atoms with Gasteiger partial charge in [0.1, 0.15) is 6.20 Å². The van der Waals surface area contributed by atoms with Gasteiger partial charge in [-0.15, -0.1) is 0 Å². The first-order valence-corrected chi connectivity index (χ1v) is 4.88. The molecule has 1 rings (SSSR count). The second-order valence-electron chi connectivity index (χ2n) is 4.25. The third-order valence-corrected chi connectivity index (χ3v) is 2.09. The molecule has 0 aliphatic carbocycles. The van der Waals surface area contributed by atoms with Gasteiger partial charge in [-0.3, -0.25) is 14.8 Å². The largest absolute Gasteiger partial charge is 0.476 e. The molecule has 0 aromatic carbocycles. The van der Waals surface area contributed by atoms with Crippen LogP contribution in [0.5, 0.6) is 0 Å². The van der Waals surface area contributed by atoms with Crippen LogP contribution in [0, 0.1) is 10.1 Å². The van der Waals surface area contributed by atoms with Crippen LogP contribution in [-0.2, 0) is 6.54 Å². The van der Waals surface area contributed by atoms with Gasteiger partial charge in [-0.25, -0.2) is 4.79 Å². The summed E-state index contributed by atoms with van der Waals surface area (Å²) in [4.78, 5) is 20.5. The number of hydrogen-bond acceptors (Lipinski definition) is 5. The van der Waals surface area contributed by atoms with E-state index in [9.17, 15) is 20.0 Å². The van der Waals surface area contributed by atoms with Crippen molar-refractivity contribution in [3.63, 3.8) is 0 Å². The lowest BCUT2D eigenvalue weighted by Crippen LogP contribution is -2.21. The van der Waals surface area contributed by atoms with Crippen LogP contribution >= 0.6 is 0 Å². The Balaban J connectivity index is 2.93. The predicted octanol–water partition coefficient (Wildman–Crippen LogP) is 0.650. The second kappa shape index (κ2) is 4.50. The van der Waals surface area contributed by atoms with Gasteiger partial charge >= 0.3 is 11.7 Å². The molecule has 0 saturated carbocycles. The van der Waals surface area contributed by atoms with Crippen LogP contribution < -0.4 is 0 Å². The monoisotopic (exact) mass is 243 g/mol. The normalized spacial score (nSPS) is 11.5. The van der Waals surface area contributed by atoms with E-state index in [-0.39, 0.29) is 6.54 Å². The molecule has 1 aromatic rings. The Morgan fingerprint density at radius 1 is 1.65 bits per heavy atom. The molecule has 0 saturated heterocycles. The van der Waals surface area contributed by atoms with Crippen LogP contribution in [0.1, 0.15) is 30.8 Å². The number of carboxylic acids is 1. The fraction of sp³-hybridized carbons (Fsp3) is 0.556. The number of nitrogens with zero attached hydrogens (tertiary/aromatic N) is 3. The minimum absolute atomic E-state index is 0.206. The Morgan fingerprint density at radius 2 is 2.24 bits per heavy atom. The quantitative estimate of drug-likeness (QED) is 0.579. The topological polar surface area (TPSA) is 118 Å². The lowest BCUT2D eigenvalue weighted by atomic mass is 10.1. The zero-order valence-electron chi connectivity index (χ0n) is 9.45. The molecule has 17 heavy (non-hydrogen) atoms. The van der Waals surface area contributed by atoms with Gasteiger partial charge in [0.25, 0.3) is 0 Å². The van der Waals surface area contributed by atoms with E-state index in [2.05, 4.69) is 5.10 Å². The number of aryl methyl sites for hydroxylation is 1. The Bertz CT molecular complexity index is 414. The maximum absolute atomic E-state index is 10.7. The molecule has 94 valence electrons. The Labute approximate surface area is 96.6 Å². The standard InChI is InChI=1S/C9H13N3O5/c1-9(2,15)3-4-11-5-6(12(16)17)7(10-11)8(13)14/h5,15H,3-4H2,1-2H3,(H,13,14). The van der Waals surface area contributed by atoms with Crippen LogP contribution in [-0.4, -0.2) is 36.5 Å². The van der Waals surface area contributed by atoms with Gasteiger partial charge in [-0.2, -0.15) is 5.10 Å².